The highest BCUT2D eigenvalue weighted by Crippen LogP contribution is 2.34. The van der Waals surface area contributed by atoms with Crippen LogP contribution in [0.15, 0.2) is 18.2 Å². The van der Waals surface area contributed by atoms with E-state index in [9.17, 15) is 8.78 Å². The van der Waals surface area contributed by atoms with Gasteiger partial charge in [0.1, 0.15) is 11.6 Å². The van der Waals surface area contributed by atoms with Gasteiger partial charge < -0.3 is 5.32 Å². The van der Waals surface area contributed by atoms with Crippen molar-refractivity contribution in [3.05, 3.63) is 35.4 Å². The van der Waals surface area contributed by atoms with Crippen LogP contribution in [0.2, 0.25) is 0 Å². The van der Waals surface area contributed by atoms with Crippen molar-refractivity contribution in [3.8, 4) is 0 Å². The Balaban J connectivity index is 2.08. The van der Waals surface area contributed by atoms with Crippen LogP contribution in [0.25, 0.3) is 0 Å². The number of rotatable bonds is 4. The number of likely N-dealkylation sites (N-methyl/N-ethyl adjacent to an activating group) is 1. The van der Waals surface area contributed by atoms with E-state index in [4.69, 9.17) is 0 Å². The van der Waals surface area contributed by atoms with Gasteiger partial charge in [0.2, 0.25) is 0 Å². The standard InChI is InChI=1S/C12H15F2N/c1-15-12(9-2-3-9)6-8-4-10(13)7-11(14)5-8/h4-5,7,9,12,15H,2-3,6H2,1H3. The normalized spacial score (nSPS) is 17.8. The van der Waals surface area contributed by atoms with Gasteiger partial charge in [-0.15, -0.1) is 0 Å². The minimum absolute atomic E-state index is 0.353. The molecular formula is C12H15F2N. The van der Waals surface area contributed by atoms with E-state index in [1.165, 1.54) is 25.0 Å². The Hall–Kier alpha value is -0.960. The van der Waals surface area contributed by atoms with E-state index in [-0.39, 0.29) is 0 Å². The van der Waals surface area contributed by atoms with Crippen LogP contribution < -0.4 is 5.32 Å². The second-order valence-corrected chi connectivity index (χ2v) is 4.21. The molecule has 0 heterocycles. The van der Waals surface area contributed by atoms with Gasteiger partial charge in [0.15, 0.2) is 0 Å². The van der Waals surface area contributed by atoms with Crippen LogP contribution in [0.1, 0.15) is 18.4 Å². The Labute approximate surface area is 88.5 Å². The summed E-state index contributed by atoms with van der Waals surface area (Å²) in [4.78, 5) is 0. The van der Waals surface area contributed by atoms with E-state index in [0.717, 1.165) is 11.6 Å². The van der Waals surface area contributed by atoms with Gasteiger partial charge in [-0.1, -0.05) is 0 Å². The first kappa shape index (κ1) is 10.6. The maximum absolute atomic E-state index is 12.9. The molecule has 1 aromatic carbocycles. The molecule has 0 radical (unpaired) electrons. The number of halogens is 2. The van der Waals surface area contributed by atoms with E-state index in [1.54, 1.807) is 0 Å². The number of hydrogen-bond donors (Lipinski definition) is 1. The summed E-state index contributed by atoms with van der Waals surface area (Å²) in [7, 11) is 1.90. The van der Waals surface area contributed by atoms with Crippen molar-refractivity contribution in [1.29, 1.82) is 0 Å². The fraction of sp³-hybridized carbons (Fsp3) is 0.500. The minimum Gasteiger partial charge on any atom is -0.316 e. The molecule has 0 bridgehead atoms. The van der Waals surface area contributed by atoms with E-state index in [0.29, 0.717) is 18.4 Å². The molecule has 1 aliphatic carbocycles. The molecule has 1 nitrogen and oxygen atoms in total. The lowest BCUT2D eigenvalue weighted by atomic mass is 10.0. The molecule has 0 aliphatic heterocycles. The molecule has 1 aliphatic rings. The molecule has 0 aromatic heterocycles. The Kier molecular flexibility index (Phi) is 3.00. The van der Waals surface area contributed by atoms with Gasteiger partial charge in [0.05, 0.1) is 0 Å². The second-order valence-electron chi connectivity index (χ2n) is 4.21. The van der Waals surface area contributed by atoms with Crippen LogP contribution in [0.3, 0.4) is 0 Å². The average Bonchev–Trinajstić information content (AvgIpc) is 2.95. The molecule has 1 atom stereocenters. The van der Waals surface area contributed by atoms with Crippen molar-refractivity contribution >= 4 is 0 Å². The third kappa shape index (κ3) is 2.75. The lowest BCUT2D eigenvalue weighted by Crippen LogP contribution is -2.29. The van der Waals surface area contributed by atoms with E-state index < -0.39 is 11.6 Å². The first-order valence-corrected chi connectivity index (χ1v) is 5.31. The van der Waals surface area contributed by atoms with Gasteiger partial charge in [0, 0.05) is 12.1 Å². The number of hydrogen-bond acceptors (Lipinski definition) is 1. The van der Waals surface area contributed by atoms with Crippen LogP contribution in [-0.2, 0) is 6.42 Å². The third-order valence-electron chi connectivity index (χ3n) is 2.94. The molecule has 1 aromatic rings. The molecular weight excluding hydrogens is 196 g/mol. The Bertz CT molecular complexity index is 327. The lowest BCUT2D eigenvalue weighted by Gasteiger charge is -2.15. The zero-order chi connectivity index (χ0) is 10.8. The smallest absolute Gasteiger partial charge is 0.126 e. The number of nitrogens with one attached hydrogen (secondary N) is 1. The summed E-state index contributed by atoms with van der Waals surface area (Å²) in [6, 6.07) is 4.09. The first-order chi connectivity index (χ1) is 7.19. The summed E-state index contributed by atoms with van der Waals surface area (Å²) in [5.41, 5.74) is 0.735. The van der Waals surface area contributed by atoms with Crippen LogP contribution in [0, 0.1) is 17.6 Å². The number of benzene rings is 1. The molecule has 1 saturated carbocycles. The summed E-state index contributed by atoms with van der Waals surface area (Å²) in [6.45, 7) is 0. The van der Waals surface area contributed by atoms with Crippen molar-refractivity contribution < 1.29 is 8.78 Å². The summed E-state index contributed by atoms with van der Waals surface area (Å²) in [6.07, 6.45) is 3.16. The minimum atomic E-state index is -0.490. The monoisotopic (exact) mass is 211 g/mol. The summed E-state index contributed by atoms with van der Waals surface area (Å²) in [5.74, 6) is -0.298. The molecule has 82 valence electrons. The highest BCUT2D eigenvalue weighted by atomic mass is 19.1. The fourth-order valence-electron chi connectivity index (χ4n) is 1.99. The predicted molar refractivity (Wildman–Crippen MR) is 55.6 cm³/mol. The summed E-state index contributed by atoms with van der Waals surface area (Å²) >= 11 is 0. The highest BCUT2D eigenvalue weighted by Gasteiger charge is 2.30. The Morgan fingerprint density at radius 1 is 1.27 bits per heavy atom. The SMILES string of the molecule is CNC(Cc1cc(F)cc(F)c1)C1CC1. The molecule has 3 heteroatoms. The van der Waals surface area contributed by atoms with Crippen LogP contribution in [0.5, 0.6) is 0 Å². The Morgan fingerprint density at radius 3 is 2.33 bits per heavy atom. The molecule has 1 unspecified atom stereocenters. The second kappa shape index (κ2) is 4.27. The summed E-state index contributed by atoms with van der Waals surface area (Å²) < 4.78 is 25.9. The average molecular weight is 211 g/mol. The van der Waals surface area contributed by atoms with Crippen molar-refractivity contribution in [3.63, 3.8) is 0 Å². The van der Waals surface area contributed by atoms with Crippen LogP contribution >= 0.6 is 0 Å². The predicted octanol–water partition coefficient (Wildman–Crippen LogP) is 2.51. The van der Waals surface area contributed by atoms with Crippen LogP contribution in [-0.4, -0.2) is 13.1 Å². The van der Waals surface area contributed by atoms with Gasteiger partial charge in [-0.05, 0) is 49.9 Å². The van der Waals surface area contributed by atoms with Gasteiger partial charge in [-0.3, -0.25) is 0 Å². The first-order valence-electron chi connectivity index (χ1n) is 5.31. The quantitative estimate of drug-likeness (QED) is 0.806. The molecule has 1 N–H and O–H groups in total. The van der Waals surface area contributed by atoms with Gasteiger partial charge in [0.25, 0.3) is 0 Å². The van der Waals surface area contributed by atoms with Crippen molar-refractivity contribution in [2.75, 3.05) is 7.05 Å². The van der Waals surface area contributed by atoms with Gasteiger partial charge in [-0.2, -0.15) is 0 Å². The van der Waals surface area contributed by atoms with Crippen LogP contribution in [0.4, 0.5) is 8.78 Å². The molecule has 15 heavy (non-hydrogen) atoms. The topological polar surface area (TPSA) is 12.0 Å². The summed E-state index contributed by atoms with van der Waals surface area (Å²) in [5, 5.41) is 3.21. The molecule has 0 spiro atoms. The van der Waals surface area contributed by atoms with Crippen molar-refractivity contribution in [2.24, 2.45) is 5.92 Å². The fourth-order valence-corrected chi connectivity index (χ4v) is 1.99. The maximum atomic E-state index is 12.9. The van der Waals surface area contributed by atoms with Gasteiger partial charge >= 0.3 is 0 Å². The van der Waals surface area contributed by atoms with Crippen molar-refractivity contribution in [1.82, 2.24) is 5.32 Å². The zero-order valence-corrected chi connectivity index (χ0v) is 8.76. The van der Waals surface area contributed by atoms with E-state index in [2.05, 4.69) is 5.32 Å². The third-order valence-corrected chi connectivity index (χ3v) is 2.94. The van der Waals surface area contributed by atoms with E-state index >= 15 is 0 Å². The highest BCUT2D eigenvalue weighted by molar-refractivity contribution is 5.19. The molecule has 0 saturated heterocycles. The molecule has 2 rings (SSSR count). The lowest BCUT2D eigenvalue weighted by molar-refractivity contribution is 0.496. The molecule has 0 amide bonds. The Morgan fingerprint density at radius 2 is 1.87 bits per heavy atom. The maximum Gasteiger partial charge on any atom is 0.126 e. The molecule has 1 fully saturated rings. The zero-order valence-electron chi connectivity index (χ0n) is 8.76. The van der Waals surface area contributed by atoms with Gasteiger partial charge in [-0.25, -0.2) is 8.78 Å². The van der Waals surface area contributed by atoms with E-state index in [1.807, 2.05) is 7.05 Å². The largest absolute Gasteiger partial charge is 0.316 e. The van der Waals surface area contributed by atoms with Crippen molar-refractivity contribution in [2.45, 2.75) is 25.3 Å².